The third kappa shape index (κ3) is 3.60. The molecule has 1 nitrogen and oxygen atoms in total. The molecule has 0 radical (unpaired) electrons. The number of likely N-dealkylation sites (N-methyl/N-ethyl adjacent to an activating group) is 1. The fraction of sp³-hybridized carbons (Fsp3) is 0.273. The molecule has 0 aromatic heterocycles. The van der Waals surface area contributed by atoms with Crippen molar-refractivity contribution in [1.82, 2.24) is 5.32 Å². The van der Waals surface area contributed by atoms with E-state index in [2.05, 4.69) is 21.2 Å². The van der Waals surface area contributed by atoms with Crippen LogP contribution in [0, 0.1) is 5.82 Å². The third-order valence-corrected chi connectivity index (χ3v) is 2.49. The lowest BCUT2D eigenvalue weighted by molar-refractivity contribution is 0.627. The van der Waals surface area contributed by atoms with E-state index < -0.39 is 0 Å². The average Bonchev–Trinajstić information content (AvgIpc) is 2.18. The van der Waals surface area contributed by atoms with E-state index in [9.17, 15) is 4.39 Å². The van der Waals surface area contributed by atoms with Gasteiger partial charge in [-0.3, -0.25) is 0 Å². The largest absolute Gasteiger partial charge is 0.314 e. The van der Waals surface area contributed by atoms with Gasteiger partial charge >= 0.3 is 0 Å². The van der Waals surface area contributed by atoms with E-state index in [4.69, 9.17) is 0 Å². The maximum Gasteiger partial charge on any atom is 0.123 e. The molecule has 1 rings (SSSR count). The summed E-state index contributed by atoms with van der Waals surface area (Å²) in [4.78, 5) is 0. The number of hydrogen-bond donors (Lipinski definition) is 1. The van der Waals surface area contributed by atoms with Crippen LogP contribution < -0.4 is 5.32 Å². The van der Waals surface area contributed by atoms with Crippen molar-refractivity contribution in [2.75, 3.05) is 13.1 Å². The Kier molecular flexibility index (Phi) is 4.84. The molecule has 0 unspecified atom stereocenters. The lowest BCUT2D eigenvalue weighted by atomic mass is 10.2. The molecule has 0 aliphatic carbocycles. The minimum absolute atomic E-state index is 0.212. The van der Waals surface area contributed by atoms with Gasteiger partial charge in [-0.25, -0.2) is 4.39 Å². The van der Waals surface area contributed by atoms with Gasteiger partial charge in [-0.05, 0) is 30.3 Å². The summed E-state index contributed by atoms with van der Waals surface area (Å²) >= 11 is 3.36. The number of benzene rings is 1. The Balaban J connectivity index is 2.65. The van der Waals surface area contributed by atoms with Crippen molar-refractivity contribution < 1.29 is 4.39 Å². The van der Waals surface area contributed by atoms with Crippen LogP contribution in [-0.2, 0) is 0 Å². The summed E-state index contributed by atoms with van der Waals surface area (Å²) in [5.41, 5.74) is 0.864. The predicted molar refractivity (Wildman–Crippen MR) is 61.7 cm³/mol. The molecule has 0 atom stereocenters. The molecule has 0 saturated carbocycles. The van der Waals surface area contributed by atoms with Gasteiger partial charge in [0.1, 0.15) is 5.82 Å². The lowest BCUT2D eigenvalue weighted by Crippen LogP contribution is -2.11. The van der Waals surface area contributed by atoms with Crippen molar-refractivity contribution in [1.29, 1.82) is 0 Å². The maximum atomic E-state index is 12.9. The van der Waals surface area contributed by atoms with Gasteiger partial charge < -0.3 is 5.32 Å². The number of rotatable bonds is 4. The topological polar surface area (TPSA) is 12.0 Å². The van der Waals surface area contributed by atoms with Gasteiger partial charge in [0.05, 0.1) is 0 Å². The normalized spacial score (nSPS) is 11.1. The second kappa shape index (κ2) is 5.94. The van der Waals surface area contributed by atoms with Gasteiger partial charge in [0.15, 0.2) is 0 Å². The average molecular weight is 258 g/mol. The molecule has 14 heavy (non-hydrogen) atoms. The SMILES string of the molecule is CCNC/C=C/c1cc(F)ccc1Br. The Morgan fingerprint density at radius 3 is 3.00 bits per heavy atom. The lowest BCUT2D eigenvalue weighted by Gasteiger charge is -1.98. The fourth-order valence-electron chi connectivity index (χ4n) is 1.06. The summed E-state index contributed by atoms with van der Waals surface area (Å²) in [7, 11) is 0. The number of hydrogen-bond acceptors (Lipinski definition) is 1. The number of nitrogens with one attached hydrogen (secondary N) is 1. The first-order chi connectivity index (χ1) is 6.74. The standard InChI is InChI=1S/C11H13BrFN/c1-2-14-7-3-4-9-8-10(13)5-6-11(9)12/h3-6,8,14H,2,7H2,1H3/b4-3+. The van der Waals surface area contributed by atoms with Crippen LogP contribution in [0.3, 0.4) is 0 Å². The van der Waals surface area contributed by atoms with E-state index >= 15 is 0 Å². The van der Waals surface area contributed by atoms with Gasteiger partial charge in [-0.2, -0.15) is 0 Å². The molecule has 0 saturated heterocycles. The first-order valence-electron chi connectivity index (χ1n) is 4.56. The van der Waals surface area contributed by atoms with E-state index in [1.807, 2.05) is 19.1 Å². The van der Waals surface area contributed by atoms with Crippen LogP contribution >= 0.6 is 15.9 Å². The Bertz CT molecular complexity index is 323. The Morgan fingerprint density at radius 1 is 1.50 bits per heavy atom. The highest BCUT2D eigenvalue weighted by atomic mass is 79.9. The van der Waals surface area contributed by atoms with Crippen molar-refractivity contribution in [2.45, 2.75) is 6.92 Å². The van der Waals surface area contributed by atoms with Crippen molar-refractivity contribution in [3.8, 4) is 0 Å². The van der Waals surface area contributed by atoms with Gasteiger partial charge in [-0.15, -0.1) is 0 Å². The van der Waals surface area contributed by atoms with Crippen molar-refractivity contribution in [2.24, 2.45) is 0 Å². The molecular weight excluding hydrogens is 245 g/mol. The molecule has 0 amide bonds. The van der Waals surface area contributed by atoms with Crippen LogP contribution in [0.1, 0.15) is 12.5 Å². The van der Waals surface area contributed by atoms with E-state index in [-0.39, 0.29) is 5.82 Å². The quantitative estimate of drug-likeness (QED) is 0.818. The molecule has 0 bridgehead atoms. The van der Waals surface area contributed by atoms with Crippen LogP contribution in [0.2, 0.25) is 0 Å². The van der Waals surface area contributed by atoms with E-state index in [0.717, 1.165) is 23.1 Å². The summed E-state index contributed by atoms with van der Waals surface area (Å²) in [5, 5.41) is 3.16. The molecular formula is C11H13BrFN. The van der Waals surface area contributed by atoms with E-state index in [0.29, 0.717) is 0 Å². The third-order valence-electron chi connectivity index (χ3n) is 1.77. The molecule has 0 fully saturated rings. The summed E-state index contributed by atoms with van der Waals surface area (Å²) in [6.45, 7) is 3.79. The summed E-state index contributed by atoms with van der Waals surface area (Å²) < 4.78 is 13.8. The summed E-state index contributed by atoms with van der Waals surface area (Å²) in [5.74, 6) is -0.212. The highest BCUT2D eigenvalue weighted by Crippen LogP contribution is 2.18. The zero-order chi connectivity index (χ0) is 10.4. The molecule has 0 aliphatic heterocycles. The molecule has 0 spiro atoms. The highest BCUT2D eigenvalue weighted by Gasteiger charge is 1.96. The second-order valence-corrected chi connectivity index (χ2v) is 3.73. The van der Waals surface area contributed by atoms with Crippen LogP contribution in [0.15, 0.2) is 28.7 Å². The second-order valence-electron chi connectivity index (χ2n) is 2.88. The zero-order valence-electron chi connectivity index (χ0n) is 8.06. The first-order valence-corrected chi connectivity index (χ1v) is 5.35. The summed E-state index contributed by atoms with van der Waals surface area (Å²) in [6.07, 6.45) is 3.87. The number of halogens is 2. The van der Waals surface area contributed by atoms with Gasteiger partial charge in [-0.1, -0.05) is 35.0 Å². The zero-order valence-corrected chi connectivity index (χ0v) is 9.64. The Labute approximate surface area is 92.1 Å². The van der Waals surface area contributed by atoms with Gasteiger partial charge in [0, 0.05) is 11.0 Å². The van der Waals surface area contributed by atoms with Crippen molar-refractivity contribution >= 4 is 22.0 Å². The van der Waals surface area contributed by atoms with Crippen LogP contribution in [-0.4, -0.2) is 13.1 Å². The summed E-state index contributed by atoms with van der Waals surface area (Å²) in [6, 6.07) is 4.65. The van der Waals surface area contributed by atoms with Gasteiger partial charge in [0.25, 0.3) is 0 Å². The molecule has 76 valence electrons. The Morgan fingerprint density at radius 2 is 2.29 bits per heavy atom. The molecule has 3 heteroatoms. The maximum absolute atomic E-state index is 12.9. The van der Waals surface area contributed by atoms with E-state index in [1.165, 1.54) is 12.1 Å². The minimum atomic E-state index is -0.212. The molecule has 0 heterocycles. The molecule has 1 N–H and O–H groups in total. The van der Waals surface area contributed by atoms with Crippen molar-refractivity contribution in [3.63, 3.8) is 0 Å². The smallest absolute Gasteiger partial charge is 0.123 e. The van der Waals surface area contributed by atoms with Crippen molar-refractivity contribution in [3.05, 3.63) is 40.1 Å². The minimum Gasteiger partial charge on any atom is -0.314 e. The van der Waals surface area contributed by atoms with E-state index in [1.54, 1.807) is 6.07 Å². The monoisotopic (exact) mass is 257 g/mol. The van der Waals surface area contributed by atoms with Gasteiger partial charge in [0.2, 0.25) is 0 Å². The fourth-order valence-corrected chi connectivity index (χ4v) is 1.43. The predicted octanol–water partition coefficient (Wildman–Crippen LogP) is 3.21. The highest BCUT2D eigenvalue weighted by molar-refractivity contribution is 9.10. The molecule has 0 aliphatic rings. The van der Waals surface area contributed by atoms with Crippen LogP contribution in [0.4, 0.5) is 4.39 Å². The first kappa shape index (κ1) is 11.4. The van der Waals surface area contributed by atoms with Crippen LogP contribution in [0.5, 0.6) is 0 Å². The Hall–Kier alpha value is -0.670. The molecule has 1 aromatic carbocycles. The molecule has 1 aromatic rings. The van der Waals surface area contributed by atoms with Crippen LogP contribution in [0.25, 0.3) is 6.08 Å².